The number of ether oxygens (including phenoxy) is 1. The highest BCUT2D eigenvalue weighted by Crippen LogP contribution is 2.27. The first-order valence-electron chi connectivity index (χ1n) is 8.04. The summed E-state index contributed by atoms with van der Waals surface area (Å²) in [6.45, 7) is 4.19. The van der Waals surface area contributed by atoms with Crippen LogP contribution in [0.15, 0.2) is 53.2 Å². The number of halogens is 1. The van der Waals surface area contributed by atoms with Gasteiger partial charge in [0.05, 0.1) is 12.7 Å². The van der Waals surface area contributed by atoms with Crippen LogP contribution in [0, 0.1) is 5.82 Å². The topological polar surface area (TPSA) is 50.7 Å². The maximum Gasteiger partial charge on any atom is 0.275 e. The molecule has 128 valence electrons. The fraction of sp³-hybridized carbons (Fsp3) is 0.200. The Labute approximate surface area is 146 Å². The molecule has 0 aliphatic carbocycles. The van der Waals surface area contributed by atoms with Gasteiger partial charge < -0.3 is 10.1 Å². The van der Waals surface area contributed by atoms with E-state index in [0.29, 0.717) is 11.7 Å². The largest absolute Gasteiger partial charge is 0.496 e. The average molecular weight is 338 g/mol. The fourth-order valence-corrected chi connectivity index (χ4v) is 2.62. The summed E-state index contributed by atoms with van der Waals surface area (Å²) >= 11 is 0. The highest BCUT2D eigenvalue weighted by molar-refractivity contribution is 6.19. The number of carbonyl (C=O) groups excluding carboxylic acids is 1. The molecule has 0 saturated heterocycles. The quantitative estimate of drug-likeness (QED) is 0.860. The maximum atomic E-state index is 13.9. The normalized spacial score (nSPS) is 15.5. The second-order valence-electron chi connectivity index (χ2n) is 6.08. The number of carbonyl (C=O) groups is 1. The number of amidine groups is 1. The van der Waals surface area contributed by atoms with Crippen molar-refractivity contribution in [3.63, 3.8) is 0 Å². The van der Waals surface area contributed by atoms with Crippen molar-refractivity contribution in [2.24, 2.45) is 4.99 Å². The molecule has 25 heavy (non-hydrogen) atoms. The summed E-state index contributed by atoms with van der Waals surface area (Å²) in [5, 5.41) is 2.62. The van der Waals surface area contributed by atoms with Gasteiger partial charge >= 0.3 is 0 Å². The zero-order chi connectivity index (χ0) is 18.0. The number of hydrogen-bond acceptors (Lipinski definition) is 3. The summed E-state index contributed by atoms with van der Waals surface area (Å²) in [7, 11) is 1.58. The molecule has 0 bridgehead atoms. The van der Waals surface area contributed by atoms with Crippen molar-refractivity contribution < 1.29 is 13.9 Å². The van der Waals surface area contributed by atoms with Gasteiger partial charge in [0.2, 0.25) is 0 Å². The molecule has 0 saturated carbocycles. The second-order valence-corrected chi connectivity index (χ2v) is 6.08. The first-order chi connectivity index (χ1) is 12.0. The second kappa shape index (κ2) is 6.89. The number of amides is 1. The van der Waals surface area contributed by atoms with Gasteiger partial charge in [-0.3, -0.25) is 4.79 Å². The van der Waals surface area contributed by atoms with Gasteiger partial charge in [0, 0.05) is 5.56 Å². The van der Waals surface area contributed by atoms with Crippen molar-refractivity contribution in [1.82, 2.24) is 5.32 Å². The Balaban J connectivity index is 2.03. The SMILES string of the molecule is COc1ccc(C(C)C)cc1/C=C1\N=C(c2ccccc2F)NC1=O. The number of methoxy groups -OCH3 is 1. The molecule has 1 aliphatic rings. The summed E-state index contributed by atoms with van der Waals surface area (Å²) in [6.07, 6.45) is 1.66. The Kier molecular flexibility index (Phi) is 4.65. The van der Waals surface area contributed by atoms with Crippen molar-refractivity contribution in [2.45, 2.75) is 19.8 Å². The van der Waals surface area contributed by atoms with Gasteiger partial charge in [-0.05, 0) is 41.8 Å². The molecular weight excluding hydrogens is 319 g/mol. The Hall–Kier alpha value is -2.95. The average Bonchev–Trinajstić information content (AvgIpc) is 2.95. The molecule has 5 heteroatoms. The Bertz CT molecular complexity index is 885. The lowest BCUT2D eigenvalue weighted by atomic mass is 10.00. The molecule has 1 N–H and O–H groups in total. The van der Waals surface area contributed by atoms with Gasteiger partial charge in [-0.25, -0.2) is 9.38 Å². The van der Waals surface area contributed by atoms with Gasteiger partial charge in [-0.15, -0.1) is 0 Å². The summed E-state index contributed by atoms with van der Waals surface area (Å²) in [6, 6.07) is 12.0. The standard InChI is InChI=1S/C20H19FN2O2/c1-12(2)13-8-9-18(25-3)14(10-13)11-17-20(24)23-19(22-17)15-6-4-5-7-16(15)21/h4-12H,1-3H3,(H,22,23,24)/b17-11-. The zero-order valence-corrected chi connectivity index (χ0v) is 14.3. The first kappa shape index (κ1) is 16.9. The van der Waals surface area contributed by atoms with E-state index in [1.54, 1.807) is 31.4 Å². The molecule has 0 aromatic heterocycles. The van der Waals surface area contributed by atoms with Gasteiger partial charge in [0.15, 0.2) is 0 Å². The number of hydrogen-bond donors (Lipinski definition) is 1. The number of benzene rings is 2. The van der Waals surface area contributed by atoms with Crippen molar-refractivity contribution in [3.8, 4) is 5.75 Å². The summed E-state index contributed by atoms with van der Waals surface area (Å²) in [4.78, 5) is 16.5. The van der Waals surface area contributed by atoms with E-state index in [-0.39, 0.29) is 23.0 Å². The molecule has 2 aromatic rings. The van der Waals surface area contributed by atoms with Crippen LogP contribution in [-0.4, -0.2) is 18.9 Å². The Morgan fingerprint density at radius 1 is 1.20 bits per heavy atom. The van der Waals surface area contributed by atoms with E-state index >= 15 is 0 Å². The third-order valence-electron chi connectivity index (χ3n) is 4.04. The van der Waals surface area contributed by atoms with Gasteiger partial charge in [0.25, 0.3) is 5.91 Å². The number of rotatable bonds is 4. The van der Waals surface area contributed by atoms with Crippen LogP contribution in [0.5, 0.6) is 5.75 Å². The molecule has 0 unspecified atom stereocenters. The molecule has 0 atom stereocenters. The summed E-state index contributed by atoms with van der Waals surface area (Å²) < 4.78 is 19.3. The smallest absolute Gasteiger partial charge is 0.275 e. The van der Waals surface area contributed by atoms with Gasteiger partial charge in [-0.1, -0.05) is 32.0 Å². The zero-order valence-electron chi connectivity index (χ0n) is 14.3. The van der Waals surface area contributed by atoms with E-state index in [1.165, 1.54) is 6.07 Å². The van der Waals surface area contributed by atoms with Crippen molar-refractivity contribution in [2.75, 3.05) is 7.11 Å². The Morgan fingerprint density at radius 3 is 2.64 bits per heavy atom. The van der Waals surface area contributed by atoms with E-state index in [2.05, 4.69) is 24.2 Å². The van der Waals surface area contributed by atoms with Gasteiger partial charge in [0.1, 0.15) is 23.1 Å². The molecule has 4 nitrogen and oxygen atoms in total. The van der Waals surface area contributed by atoms with Crippen LogP contribution >= 0.6 is 0 Å². The van der Waals surface area contributed by atoms with E-state index in [4.69, 9.17) is 4.74 Å². The molecule has 1 heterocycles. The molecule has 3 rings (SSSR count). The van der Waals surface area contributed by atoms with E-state index in [9.17, 15) is 9.18 Å². The molecule has 0 spiro atoms. The monoisotopic (exact) mass is 338 g/mol. The van der Waals surface area contributed by atoms with Crippen LogP contribution in [0.3, 0.4) is 0 Å². The van der Waals surface area contributed by atoms with Crippen LogP contribution in [0.1, 0.15) is 36.5 Å². The minimum atomic E-state index is -0.429. The lowest BCUT2D eigenvalue weighted by molar-refractivity contribution is -0.115. The number of aliphatic imine (C=N–C) groups is 1. The maximum absolute atomic E-state index is 13.9. The van der Waals surface area contributed by atoms with Crippen LogP contribution < -0.4 is 10.1 Å². The van der Waals surface area contributed by atoms with Crippen molar-refractivity contribution >= 4 is 17.8 Å². The molecule has 0 fully saturated rings. The highest BCUT2D eigenvalue weighted by atomic mass is 19.1. The Morgan fingerprint density at radius 2 is 1.96 bits per heavy atom. The van der Waals surface area contributed by atoms with Gasteiger partial charge in [-0.2, -0.15) is 0 Å². The predicted molar refractivity (Wildman–Crippen MR) is 96.1 cm³/mol. The lowest BCUT2D eigenvalue weighted by Gasteiger charge is -2.10. The summed E-state index contributed by atoms with van der Waals surface area (Å²) in [5.74, 6) is 0.419. The minimum Gasteiger partial charge on any atom is -0.496 e. The molecule has 0 radical (unpaired) electrons. The van der Waals surface area contributed by atoms with Crippen LogP contribution in [0.2, 0.25) is 0 Å². The van der Waals surface area contributed by atoms with E-state index in [0.717, 1.165) is 11.1 Å². The predicted octanol–water partition coefficient (Wildman–Crippen LogP) is 3.88. The first-order valence-corrected chi connectivity index (χ1v) is 8.04. The van der Waals surface area contributed by atoms with Crippen molar-refractivity contribution in [1.29, 1.82) is 0 Å². The highest BCUT2D eigenvalue weighted by Gasteiger charge is 2.23. The summed E-state index contributed by atoms with van der Waals surface area (Å²) in [5.41, 5.74) is 2.38. The minimum absolute atomic E-state index is 0.216. The van der Waals surface area contributed by atoms with E-state index in [1.807, 2.05) is 18.2 Å². The third-order valence-corrected chi connectivity index (χ3v) is 4.04. The van der Waals surface area contributed by atoms with Crippen LogP contribution in [-0.2, 0) is 4.79 Å². The van der Waals surface area contributed by atoms with Crippen molar-refractivity contribution in [3.05, 3.63) is 70.7 Å². The molecule has 1 amide bonds. The van der Waals surface area contributed by atoms with Crippen LogP contribution in [0.25, 0.3) is 6.08 Å². The third kappa shape index (κ3) is 3.45. The molecule has 2 aromatic carbocycles. The lowest BCUT2D eigenvalue weighted by Crippen LogP contribution is -2.25. The molecule has 1 aliphatic heterocycles. The number of nitrogens with one attached hydrogen (secondary N) is 1. The van der Waals surface area contributed by atoms with E-state index < -0.39 is 5.82 Å². The van der Waals surface area contributed by atoms with Crippen LogP contribution in [0.4, 0.5) is 4.39 Å². The number of nitrogens with zero attached hydrogens (tertiary/aromatic N) is 1. The molecular formula is C20H19FN2O2. The fourth-order valence-electron chi connectivity index (χ4n) is 2.62.